The number of nitrogens with zero attached hydrogens (tertiary/aromatic N) is 1. The number of hydrogen-bond donors (Lipinski definition) is 1. The molecule has 0 aromatic heterocycles. The second-order valence-corrected chi connectivity index (χ2v) is 3.03. The summed E-state index contributed by atoms with van der Waals surface area (Å²) in [7, 11) is 0. The van der Waals surface area contributed by atoms with Gasteiger partial charge in [0, 0.05) is 0 Å². The molecule has 2 nitrogen and oxygen atoms in total. The molecule has 72 valence electrons. The molecule has 0 fully saturated rings. The lowest BCUT2D eigenvalue weighted by Crippen LogP contribution is -2.23. The van der Waals surface area contributed by atoms with E-state index in [0.717, 1.165) is 12.0 Å². The molecule has 0 saturated carbocycles. The van der Waals surface area contributed by atoms with E-state index >= 15 is 0 Å². The van der Waals surface area contributed by atoms with Crippen molar-refractivity contribution in [3.05, 3.63) is 24.3 Å². The number of rotatable bonds is 5. The standard InChI is InChI=1S/C11H18N2/c1-4-10(5-2)11(6-3,9-13)7-8-12/h4-5H,1,6-8,12H2,2-3H3/b10-5+. The molecule has 0 saturated heterocycles. The van der Waals surface area contributed by atoms with Gasteiger partial charge >= 0.3 is 0 Å². The highest BCUT2D eigenvalue weighted by Crippen LogP contribution is 2.34. The fourth-order valence-corrected chi connectivity index (χ4v) is 1.56. The lowest BCUT2D eigenvalue weighted by Gasteiger charge is -2.25. The number of nitrogens with two attached hydrogens (primary N) is 1. The average Bonchev–Trinajstić information content (AvgIpc) is 2.18. The molecular weight excluding hydrogens is 160 g/mol. The third-order valence-corrected chi connectivity index (χ3v) is 2.47. The van der Waals surface area contributed by atoms with Gasteiger partial charge in [0.15, 0.2) is 0 Å². The molecule has 0 aliphatic rings. The van der Waals surface area contributed by atoms with Gasteiger partial charge in [-0.25, -0.2) is 0 Å². The van der Waals surface area contributed by atoms with Crippen molar-refractivity contribution in [3.63, 3.8) is 0 Å². The lowest BCUT2D eigenvalue weighted by atomic mass is 9.76. The molecule has 0 aliphatic heterocycles. The first-order valence-electron chi connectivity index (χ1n) is 4.61. The van der Waals surface area contributed by atoms with Crippen LogP contribution >= 0.6 is 0 Å². The van der Waals surface area contributed by atoms with E-state index in [1.165, 1.54) is 0 Å². The molecule has 0 radical (unpaired) electrons. The summed E-state index contributed by atoms with van der Waals surface area (Å²) in [6.45, 7) is 8.18. The van der Waals surface area contributed by atoms with Crippen LogP contribution in [0.4, 0.5) is 0 Å². The fraction of sp³-hybridized carbons (Fsp3) is 0.545. The van der Waals surface area contributed by atoms with Crippen LogP contribution in [-0.2, 0) is 0 Å². The summed E-state index contributed by atoms with van der Waals surface area (Å²) in [6, 6.07) is 2.35. The van der Waals surface area contributed by atoms with E-state index < -0.39 is 5.41 Å². The summed E-state index contributed by atoms with van der Waals surface area (Å²) in [4.78, 5) is 0. The van der Waals surface area contributed by atoms with Crippen molar-refractivity contribution in [1.29, 1.82) is 5.26 Å². The van der Waals surface area contributed by atoms with E-state index in [1.54, 1.807) is 6.08 Å². The molecule has 0 aromatic rings. The first-order valence-corrected chi connectivity index (χ1v) is 4.61. The van der Waals surface area contributed by atoms with E-state index in [1.807, 2.05) is 19.9 Å². The van der Waals surface area contributed by atoms with Gasteiger partial charge in [-0.1, -0.05) is 25.7 Å². The maximum atomic E-state index is 9.15. The van der Waals surface area contributed by atoms with Crippen molar-refractivity contribution in [2.45, 2.75) is 26.7 Å². The highest BCUT2D eigenvalue weighted by Gasteiger charge is 2.29. The number of allylic oxidation sites excluding steroid dienone is 3. The molecule has 1 atom stereocenters. The van der Waals surface area contributed by atoms with Gasteiger partial charge in [-0.3, -0.25) is 0 Å². The lowest BCUT2D eigenvalue weighted by molar-refractivity contribution is 0.434. The SMILES string of the molecule is C=C/C(=C\C)C(C#N)(CC)CCN. The third kappa shape index (κ3) is 2.43. The van der Waals surface area contributed by atoms with Crippen LogP contribution in [-0.4, -0.2) is 6.54 Å². The minimum atomic E-state index is -0.425. The molecule has 0 rings (SSSR count). The van der Waals surface area contributed by atoms with Crippen LogP contribution in [0.3, 0.4) is 0 Å². The normalized spacial score (nSPS) is 16.0. The van der Waals surface area contributed by atoms with Crippen molar-refractivity contribution >= 4 is 0 Å². The van der Waals surface area contributed by atoms with Crippen molar-refractivity contribution in [2.75, 3.05) is 6.54 Å². The topological polar surface area (TPSA) is 49.8 Å². The summed E-state index contributed by atoms with van der Waals surface area (Å²) in [5.74, 6) is 0. The Hall–Kier alpha value is -1.07. The summed E-state index contributed by atoms with van der Waals surface area (Å²) in [5.41, 5.74) is 6.06. The molecule has 2 heteroatoms. The summed E-state index contributed by atoms with van der Waals surface area (Å²) < 4.78 is 0. The average molecular weight is 178 g/mol. The molecule has 0 spiro atoms. The van der Waals surface area contributed by atoms with E-state index in [9.17, 15) is 0 Å². The van der Waals surface area contributed by atoms with E-state index in [2.05, 4.69) is 12.6 Å². The Bertz CT molecular complexity index is 235. The molecule has 0 amide bonds. The van der Waals surface area contributed by atoms with Crippen molar-refractivity contribution < 1.29 is 0 Å². The Kier molecular flexibility index (Phi) is 5.10. The fourth-order valence-electron chi connectivity index (χ4n) is 1.56. The van der Waals surface area contributed by atoms with Crippen LogP contribution in [0.2, 0.25) is 0 Å². The zero-order valence-electron chi connectivity index (χ0n) is 8.51. The van der Waals surface area contributed by atoms with Crippen LogP contribution in [0.5, 0.6) is 0 Å². The Morgan fingerprint density at radius 3 is 2.54 bits per heavy atom. The molecule has 0 aromatic carbocycles. The van der Waals surface area contributed by atoms with Crippen LogP contribution in [0, 0.1) is 16.7 Å². The van der Waals surface area contributed by atoms with Gasteiger partial charge < -0.3 is 5.73 Å². The van der Waals surface area contributed by atoms with Crippen molar-refractivity contribution in [1.82, 2.24) is 0 Å². The summed E-state index contributed by atoms with van der Waals surface area (Å²) in [5, 5.41) is 9.15. The molecule has 2 N–H and O–H groups in total. The first kappa shape index (κ1) is 11.9. The van der Waals surface area contributed by atoms with Crippen molar-refractivity contribution in [3.8, 4) is 6.07 Å². The number of hydrogen-bond acceptors (Lipinski definition) is 2. The van der Waals surface area contributed by atoms with Gasteiger partial charge in [0.2, 0.25) is 0 Å². The molecule has 13 heavy (non-hydrogen) atoms. The Morgan fingerprint density at radius 1 is 1.69 bits per heavy atom. The highest BCUT2D eigenvalue weighted by molar-refractivity contribution is 5.31. The largest absolute Gasteiger partial charge is 0.330 e. The predicted octanol–water partition coefficient (Wildman–Crippen LogP) is 2.39. The monoisotopic (exact) mass is 178 g/mol. The van der Waals surface area contributed by atoms with Crippen LogP contribution < -0.4 is 5.73 Å². The Balaban J connectivity index is 4.97. The highest BCUT2D eigenvalue weighted by atomic mass is 14.5. The molecular formula is C11H18N2. The van der Waals surface area contributed by atoms with Gasteiger partial charge in [-0.05, 0) is 31.9 Å². The van der Waals surface area contributed by atoms with E-state index in [0.29, 0.717) is 13.0 Å². The second kappa shape index (κ2) is 5.55. The Labute approximate surface area is 80.7 Å². The molecule has 0 heterocycles. The maximum Gasteiger partial charge on any atom is 0.0828 e. The maximum absolute atomic E-state index is 9.15. The van der Waals surface area contributed by atoms with E-state index in [-0.39, 0.29) is 0 Å². The molecule has 1 unspecified atom stereocenters. The minimum absolute atomic E-state index is 0.425. The van der Waals surface area contributed by atoms with Gasteiger partial charge in [-0.2, -0.15) is 5.26 Å². The molecule has 0 bridgehead atoms. The molecule has 0 aliphatic carbocycles. The third-order valence-electron chi connectivity index (χ3n) is 2.47. The second-order valence-electron chi connectivity index (χ2n) is 3.03. The smallest absolute Gasteiger partial charge is 0.0828 e. The predicted molar refractivity (Wildman–Crippen MR) is 56.0 cm³/mol. The van der Waals surface area contributed by atoms with Crippen LogP contribution in [0.25, 0.3) is 0 Å². The van der Waals surface area contributed by atoms with Gasteiger partial charge in [-0.15, -0.1) is 0 Å². The number of nitriles is 1. The zero-order chi connectivity index (χ0) is 10.3. The van der Waals surface area contributed by atoms with Gasteiger partial charge in [0.05, 0.1) is 11.5 Å². The van der Waals surface area contributed by atoms with Crippen molar-refractivity contribution in [2.24, 2.45) is 11.1 Å². The van der Waals surface area contributed by atoms with Crippen LogP contribution in [0.15, 0.2) is 24.3 Å². The van der Waals surface area contributed by atoms with Gasteiger partial charge in [0.25, 0.3) is 0 Å². The first-order chi connectivity index (χ1) is 6.20. The Morgan fingerprint density at radius 2 is 2.31 bits per heavy atom. The quantitative estimate of drug-likeness (QED) is 0.657. The van der Waals surface area contributed by atoms with E-state index in [4.69, 9.17) is 11.0 Å². The zero-order valence-corrected chi connectivity index (χ0v) is 8.51. The van der Waals surface area contributed by atoms with Gasteiger partial charge in [0.1, 0.15) is 0 Å². The van der Waals surface area contributed by atoms with Crippen LogP contribution in [0.1, 0.15) is 26.7 Å². The minimum Gasteiger partial charge on any atom is -0.330 e. The summed E-state index contributed by atoms with van der Waals surface area (Å²) >= 11 is 0. The summed E-state index contributed by atoms with van der Waals surface area (Å²) in [6.07, 6.45) is 5.18.